The van der Waals surface area contributed by atoms with Gasteiger partial charge in [-0.1, -0.05) is 18.2 Å². The summed E-state index contributed by atoms with van der Waals surface area (Å²) in [4.78, 5) is 67.7. The minimum absolute atomic E-state index is 0.155. The first kappa shape index (κ1) is 38.7. The average Bonchev–Trinajstić information content (AvgIpc) is 3.55. The minimum Gasteiger partial charge on any atom is -0.387 e. The molecule has 13 heteroatoms. The van der Waals surface area contributed by atoms with Crippen molar-refractivity contribution in [3.05, 3.63) is 95.0 Å². The number of benzene rings is 1. The van der Waals surface area contributed by atoms with Crippen LogP contribution in [0.1, 0.15) is 49.5 Å². The van der Waals surface area contributed by atoms with Crippen molar-refractivity contribution in [1.82, 2.24) is 20.1 Å². The normalized spacial score (nSPS) is 18.2. The van der Waals surface area contributed by atoms with E-state index in [2.05, 4.69) is 49.8 Å². The van der Waals surface area contributed by atoms with Crippen LogP contribution in [0.4, 0.5) is 17.2 Å². The maximum Gasteiger partial charge on any atom is 0.256 e. The van der Waals surface area contributed by atoms with Crippen LogP contribution in [0.2, 0.25) is 0 Å². The van der Waals surface area contributed by atoms with Gasteiger partial charge in [0.05, 0.1) is 17.8 Å². The lowest BCUT2D eigenvalue weighted by Gasteiger charge is -2.41. The van der Waals surface area contributed by atoms with E-state index in [0.717, 1.165) is 86.0 Å². The predicted molar refractivity (Wildman–Crippen MR) is 207 cm³/mol. The number of aryl methyl sites for hydroxylation is 1. The summed E-state index contributed by atoms with van der Waals surface area (Å²) < 4.78 is 0. The molecule has 2 aliphatic carbocycles. The molecule has 0 spiro atoms. The van der Waals surface area contributed by atoms with Crippen molar-refractivity contribution in [3.63, 3.8) is 0 Å². The van der Waals surface area contributed by atoms with Crippen LogP contribution >= 0.6 is 0 Å². The van der Waals surface area contributed by atoms with Crippen LogP contribution in [0.25, 0.3) is 0 Å². The van der Waals surface area contributed by atoms with Gasteiger partial charge in [0.25, 0.3) is 5.91 Å². The molecule has 0 saturated carbocycles. The summed E-state index contributed by atoms with van der Waals surface area (Å²) in [7, 11) is 1.86. The Kier molecular flexibility index (Phi) is 13.7. The number of carbonyl (C=O) groups is 4. The van der Waals surface area contributed by atoms with Crippen LogP contribution in [0.15, 0.2) is 93.7 Å². The topological polar surface area (TPSA) is 160 Å². The monoisotopic (exact) mass is 720 g/mol. The fraction of sp³-hybridized carbons (Fsp3) is 0.375. The molecule has 1 aromatic heterocycles. The Balaban J connectivity index is 1.30. The zero-order chi connectivity index (χ0) is 37.7. The molecule has 1 aromatic carbocycles. The van der Waals surface area contributed by atoms with E-state index in [-0.39, 0.29) is 18.0 Å². The number of piperazine rings is 1. The number of nitrogens with zero attached hydrogens (tertiary/aromatic N) is 6. The molecule has 2 atom stereocenters. The number of pyridine rings is 1. The van der Waals surface area contributed by atoms with Gasteiger partial charge in [0.2, 0.25) is 0 Å². The highest BCUT2D eigenvalue weighted by Gasteiger charge is 2.27. The minimum atomic E-state index is -0.652. The predicted octanol–water partition coefficient (Wildman–Crippen LogP) is 3.86. The Morgan fingerprint density at radius 3 is 2.53 bits per heavy atom. The summed E-state index contributed by atoms with van der Waals surface area (Å²) >= 11 is 0. The second kappa shape index (κ2) is 18.8. The Bertz CT molecular complexity index is 1810. The first-order valence-electron chi connectivity index (χ1n) is 18.0. The standard InChI is InChI=1S/C40H48N8O5/c1-4-18-42-40(53)33(24-41-2)39(45-37-17-11-28-10-16-36(52)38(28)44-37)43-30-12-14-31(15-13-30)47-19-21-48(22-20-47)35-9-5-7-29(26-50)34(35)25-46(3)32(27-51)8-6-23-49/h4,9,11-15,17,23-24,26-27,32,36,52H,1-2,5-8,10,16,18-22,25H2,3H3,(H,42,53)(H,43,44,45)/b33-24+. The number of aliphatic imine (C=N–C) groups is 2. The fourth-order valence-electron chi connectivity index (χ4n) is 6.86. The lowest BCUT2D eigenvalue weighted by molar-refractivity contribution is -0.117. The number of aromatic nitrogens is 1. The van der Waals surface area contributed by atoms with Gasteiger partial charge in [-0.05, 0) is 92.9 Å². The highest BCUT2D eigenvalue weighted by atomic mass is 16.3. The molecule has 5 rings (SSSR count). The van der Waals surface area contributed by atoms with E-state index in [4.69, 9.17) is 4.99 Å². The molecule has 53 heavy (non-hydrogen) atoms. The second-order valence-corrected chi connectivity index (χ2v) is 13.2. The van der Waals surface area contributed by atoms with Crippen molar-refractivity contribution in [3.8, 4) is 0 Å². The lowest BCUT2D eigenvalue weighted by atomic mass is 9.93. The Morgan fingerprint density at radius 2 is 1.85 bits per heavy atom. The molecule has 278 valence electrons. The summed E-state index contributed by atoms with van der Waals surface area (Å²) in [6.07, 6.45) is 10.6. The van der Waals surface area contributed by atoms with Crippen LogP contribution in [0.3, 0.4) is 0 Å². The largest absolute Gasteiger partial charge is 0.387 e. The summed E-state index contributed by atoms with van der Waals surface area (Å²) in [5, 5.41) is 16.5. The van der Waals surface area contributed by atoms with E-state index in [1.807, 2.05) is 42.3 Å². The second-order valence-electron chi connectivity index (χ2n) is 13.2. The van der Waals surface area contributed by atoms with Crippen LogP contribution in [0, 0.1) is 0 Å². The van der Waals surface area contributed by atoms with Gasteiger partial charge in [-0.3, -0.25) is 19.5 Å². The number of aldehydes is 3. The van der Waals surface area contributed by atoms with Crippen molar-refractivity contribution in [1.29, 1.82) is 0 Å². The number of anilines is 2. The van der Waals surface area contributed by atoms with E-state index in [0.29, 0.717) is 49.4 Å². The Hall–Kier alpha value is -5.53. The molecule has 13 nitrogen and oxygen atoms in total. The van der Waals surface area contributed by atoms with E-state index in [1.54, 1.807) is 12.1 Å². The molecule has 1 amide bonds. The number of nitrogens with one attached hydrogen (secondary N) is 2. The van der Waals surface area contributed by atoms with E-state index >= 15 is 0 Å². The van der Waals surface area contributed by atoms with Crippen molar-refractivity contribution in [2.45, 2.75) is 50.7 Å². The van der Waals surface area contributed by atoms with Crippen molar-refractivity contribution >= 4 is 54.5 Å². The Labute approximate surface area is 310 Å². The molecule has 0 radical (unpaired) electrons. The van der Waals surface area contributed by atoms with Gasteiger partial charge < -0.3 is 35.1 Å². The fourth-order valence-corrected chi connectivity index (χ4v) is 6.86. The molecule has 1 aliphatic heterocycles. The molecular weight excluding hydrogens is 672 g/mol. The maximum atomic E-state index is 13.2. The number of amides is 1. The summed E-state index contributed by atoms with van der Waals surface area (Å²) in [5.74, 6) is 0.139. The number of aliphatic hydroxyl groups is 1. The molecule has 3 aliphatic rings. The van der Waals surface area contributed by atoms with Crippen molar-refractivity contribution < 1.29 is 24.3 Å². The summed E-state index contributed by atoms with van der Waals surface area (Å²) in [6, 6.07) is 11.1. The highest BCUT2D eigenvalue weighted by Crippen LogP contribution is 2.32. The Morgan fingerprint density at radius 1 is 1.09 bits per heavy atom. The highest BCUT2D eigenvalue weighted by molar-refractivity contribution is 6.25. The molecule has 2 heterocycles. The van der Waals surface area contributed by atoms with Gasteiger partial charge >= 0.3 is 0 Å². The number of carbonyl (C=O) groups excluding carboxylic acids is 4. The first-order valence-corrected chi connectivity index (χ1v) is 18.0. The zero-order valence-corrected chi connectivity index (χ0v) is 30.2. The molecular formula is C40H48N8O5. The average molecular weight is 721 g/mol. The number of likely N-dealkylation sites (N-methyl/N-ethyl adjacent to an activating group) is 1. The molecule has 0 bridgehead atoms. The van der Waals surface area contributed by atoms with Gasteiger partial charge in [-0.15, -0.1) is 6.58 Å². The third-order valence-corrected chi connectivity index (χ3v) is 9.77. The van der Waals surface area contributed by atoms with E-state index in [1.165, 1.54) is 6.20 Å². The van der Waals surface area contributed by atoms with E-state index < -0.39 is 18.1 Å². The number of hydrogen-bond donors (Lipinski definition) is 3. The van der Waals surface area contributed by atoms with Crippen LogP contribution < -0.4 is 15.5 Å². The molecule has 2 unspecified atom stereocenters. The number of rotatable bonds is 17. The number of hydrogen-bond acceptors (Lipinski definition) is 11. The van der Waals surface area contributed by atoms with Crippen molar-refractivity contribution in [2.75, 3.05) is 56.5 Å². The smallest absolute Gasteiger partial charge is 0.256 e. The first-order chi connectivity index (χ1) is 25.8. The quantitative estimate of drug-likeness (QED) is 0.0720. The molecule has 1 fully saturated rings. The van der Waals surface area contributed by atoms with Gasteiger partial charge in [-0.2, -0.15) is 0 Å². The third-order valence-electron chi connectivity index (χ3n) is 9.77. The molecule has 3 N–H and O–H groups in total. The number of fused-ring (bicyclic) bond motifs is 1. The van der Waals surface area contributed by atoms with Crippen molar-refractivity contribution in [2.24, 2.45) is 9.98 Å². The number of aliphatic hydroxyl groups excluding tert-OH is 1. The zero-order valence-electron chi connectivity index (χ0n) is 30.2. The van der Waals surface area contributed by atoms with Crippen LogP contribution in [-0.4, -0.2) is 110 Å². The van der Waals surface area contributed by atoms with Crippen LogP contribution in [-0.2, 0) is 25.6 Å². The third kappa shape index (κ3) is 9.67. The number of amidine groups is 1. The maximum absolute atomic E-state index is 13.2. The lowest BCUT2D eigenvalue weighted by Crippen LogP contribution is -2.47. The van der Waals surface area contributed by atoms with Gasteiger partial charge in [-0.25, -0.2) is 9.98 Å². The van der Waals surface area contributed by atoms with E-state index in [9.17, 15) is 24.3 Å². The van der Waals surface area contributed by atoms with Crippen LogP contribution in [0.5, 0.6) is 0 Å². The molecule has 1 saturated heterocycles. The van der Waals surface area contributed by atoms with Gasteiger partial charge in [0, 0.05) is 69.0 Å². The summed E-state index contributed by atoms with van der Waals surface area (Å²) in [5.41, 5.74) is 6.19. The number of allylic oxidation sites excluding steroid dienone is 2. The van der Waals surface area contributed by atoms with Gasteiger partial charge in [0.15, 0.2) is 5.82 Å². The summed E-state index contributed by atoms with van der Waals surface area (Å²) in [6.45, 7) is 10.9. The SMILES string of the molecule is C=CCNC(=O)/C(=C/N=C)C(=Nc1ccc2c(n1)C(O)CC2)Nc1ccc(N2CCN(C3=CCCC(C=O)=C3CN(C)C(C=O)CCC=O)CC2)cc1. The van der Waals surface area contributed by atoms with Gasteiger partial charge in [0.1, 0.15) is 30.3 Å². The molecule has 2 aromatic rings.